The summed E-state index contributed by atoms with van der Waals surface area (Å²) in [6.07, 6.45) is 3.30. The van der Waals surface area contributed by atoms with Gasteiger partial charge in [0, 0.05) is 43.9 Å². The fourth-order valence-electron chi connectivity index (χ4n) is 4.63. The van der Waals surface area contributed by atoms with Crippen LogP contribution in [0.5, 0.6) is 0 Å². The first-order valence-corrected chi connectivity index (χ1v) is 9.21. The minimum Gasteiger partial charge on any atom is -0.375 e. The van der Waals surface area contributed by atoms with Gasteiger partial charge in [0.25, 0.3) is 5.91 Å². The van der Waals surface area contributed by atoms with Gasteiger partial charge in [0.2, 0.25) is 5.91 Å². The maximum absolute atomic E-state index is 12.8. The second-order valence-electron chi connectivity index (χ2n) is 7.69. The number of likely N-dealkylation sites (N-methyl/N-ethyl adjacent to an activating group) is 1. The number of nitrogens with zero attached hydrogens (tertiary/aromatic N) is 2. The molecule has 2 amide bonds. The van der Waals surface area contributed by atoms with Crippen LogP contribution in [0.3, 0.4) is 0 Å². The lowest BCUT2D eigenvalue weighted by Crippen LogP contribution is -2.51. The Hall–Kier alpha value is -2.18. The van der Waals surface area contributed by atoms with Crippen molar-refractivity contribution in [2.75, 3.05) is 32.5 Å². The number of nitrogens with one attached hydrogen (secondary N) is 1. The van der Waals surface area contributed by atoms with Crippen molar-refractivity contribution in [3.05, 3.63) is 35.4 Å². The lowest BCUT2D eigenvalue weighted by molar-refractivity contribution is -0.137. The first-order chi connectivity index (χ1) is 12.4. The molecule has 0 unspecified atom stereocenters. The predicted octanol–water partition coefficient (Wildman–Crippen LogP) is 1.41. The van der Waals surface area contributed by atoms with Crippen molar-refractivity contribution in [3.63, 3.8) is 0 Å². The second kappa shape index (κ2) is 5.93. The van der Waals surface area contributed by atoms with Crippen LogP contribution in [0, 0.1) is 5.92 Å². The zero-order chi connectivity index (χ0) is 18.6. The number of hydrogen-bond donors (Lipinski definition) is 2. The minimum atomic E-state index is -1.49. The van der Waals surface area contributed by atoms with Gasteiger partial charge < -0.3 is 15.3 Å². The maximum atomic E-state index is 12.8. The second-order valence-corrected chi connectivity index (χ2v) is 7.69. The van der Waals surface area contributed by atoms with E-state index in [1.165, 1.54) is 0 Å². The third-order valence-electron chi connectivity index (χ3n) is 5.91. The van der Waals surface area contributed by atoms with E-state index in [9.17, 15) is 14.7 Å². The summed E-state index contributed by atoms with van der Waals surface area (Å²) in [6, 6.07) is 5.57. The number of carbonyl (C=O) groups excluding carboxylic acids is 2. The molecule has 0 aromatic heterocycles. The summed E-state index contributed by atoms with van der Waals surface area (Å²) in [5, 5.41) is 13.9. The number of amides is 2. The highest BCUT2D eigenvalue weighted by Gasteiger charge is 2.53. The number of benzene rings is 1. The molecule has 0 saturated heterocycles. The number of carbonyl (C=O) groups is 2. The van der Waals surface area contributed by atoms with Gasteiger partial charge in [-0.3, -0.25) is 14.5 Å². The number of fused-ring (bicyclic) bond motifs is 2. The lowest BCUT2D eigenvalue weighted by Gasteiger charge is -2.44. The summed E-state index contributed by atoms with van der Waals surface area (Å²) in [4.78, 5) is 29.1. The van der Waals surface area contributed by atoms with Crippen molar-refractivity contribution >= 4 is 23.1 Å². The summed E-state index contributed by atoms with van der Waals surface area (Å²) >= 11 is 0. The van der Waals surface area contributed by atoms with E-state index in [2.05, 4.69) is 23.2 Å². The monoisotopic (exact) mass is 355 g/mol. The molecule has 0 bridgehead atoms. The van der Waals surface area contributed by atoms with Crippen molar-refractivity contribution in [1.82, 2.24) is 9.80 Å². The molecule has 4 rings (SSSR count). The Kier molecular flexibility index (Phi) is 3.93. The van der Waals surface area contributed by atoms with Crippen LogP contribution >= 0.6 is 0 Å². The molecule has 2 heterocycles. The topological polar surface area (TPSA) is 72.9 Å². The van der Waals surface area contributed by atoms with E-state index in [0.717, 1.165) is 24.1 Å². The number of anilines is 1. The average molecular weight is 355 g/mol. The van der Waals surface area contributed by atoms with Crippen molar-refractivity contribution in [2.45, 2.75) is 31.4 Å². The Bertz CT molecular complexity index is 819. The van der Waals surface area contributed by atoms with Crippen molar-refractivity contribution < 1.29 is 14.7 Å². The van der Waals surface area contributed by atoms with Crippen molar-refractivity contribution in [3.8, 4) is 0 Å². The molecule has 6 heteroatoms. The van der Waals surface area contributed by atoms with Crippen LogP contribution in [0.4, 0.5) is 5.69 Å². The molecule has 1 aromatic rings. The van der Waals surface area contributed by atoms with Crippen LogP contribution in [0.15, 0.2) is 24.3 Å². The summed E-state index contributed by atoms with van der Waals surface area (Å²) in [5.74, 6) is -0.449. The maximum Gasteiger partial charge on any atom is 0.261 e. The zero-order valence-corrected chi connectivity index (χ0v) is 15.5. The van der Waals surface area contributed by atoms with Crippen LogP contribution in [0.2, 0.25) is 0 Å². The van der Waals surface area contributed by atoms with Crippen LogP contribution < -0.4 is 5.32 Å². The van der Waals surface area contributed by atoms with Gasteiger partial charge in [-0.15, -0.1) is 0 Å². The van der Waals surface area contributed by atoms with Gasteiger partial charge in [-0.1, -0.05) is 25.1 Å². The van der Waals surface area contributed by atoms with Gasteiger partial charge >= 0.3 is 0 Å². The Balaban J connectivity index is 1.79. The molecule has 0 fully saturated rings. The third kappa shape index (κ3) is 2.32. The highest BCUT2D eigenvalue weighted by atomic mass is 16.3. The van der Waals surface area contributed by atoms with Crippen molar-refractivity contribution in [1.29, 1.82) is 0 Å². The molecule has 2 N–H and O–H groups in total. The molecule has 0 saturated carbocycles. The summed E-state index contributed by atoms with van der Waals surface area (Å²) in [7, 11) is 3.81. The first kappa shape index (κ1) is 17.2. The fraction of sp³-hybridized carbons (Fsp3) is 0.500. The van der Waals surface area contributed by atoms with Crippen LogP contribution in [-0.2, 0) is 15.2 Å². The third-order valence-corrected chi connectivity index (χ3v) is 5.91. The van der Waals surface area contributed by atoms with E-state index in [0.29, 0.717) is 24.2 Å². The molecule has 0 radical (unpaired) electrons. The molecular weight excluding hydrogens is 330 g/mol. The van der Waals surface area contributed by atoms with E-state index in [1.54, 1.807) is 4.90 Å². The Morgan fingerprint density at radius 3 is 2.96 bits per heavy atom. The quantitative estimate of drug-likeness (QED) is 0.860. The summed E-state index contributed by atoms with van der Waals surface area (Å²) < 4.78 is 0. The summed E-state index contributed by atoms with van der Waals surface area (Å²) in [5.41, 5.74) is 1.77. The molecule has 3 atom stereocenters. The predicted molar refractivity (Wildman–Crippen MR) is 99.4 cm³/mol. The molecular formula is C20H25N3O3. The van der Waals surface area contributed by atoms with Crippen LogP contribution in [0.25, 0.3) is 5.57 Å². The largest absolute Gasteiger partial charge is 0.375 e. The number of rotatable bonds is 3. The van der Waals surface area contributed by atoms with Gasteiger partial charge in [0.1, 0.15) is 0 Å². The fourth-order valence-corrected chi connectivity index (χ4v) is 4.63. The first-order valence-electron chi connectivity index (χ1n) is 9.21. The van der Waals surface area contributed by atoms with E-state index >= 15 is 0 Å². The van der Waals surface area contributed by atoms with Crippen LogP contribution in [0.1, 0.15) is 30.9 Å². The minimum absolute atomic E-state index is 0.0767. The molecule has 1 aliphatic carbocycles. The highest BCUT2D eigenvalue weighted by Crippen LogP contribution is 2.51. The standard InChI is InChI=1S/C20H25N3O3/c1-4-8-22(2)18(24)12-9-14-13-6-5-7-15-17(13)20(26,19(25)21-15)10-16(14)23(3)11-12/h5-7,9,12,16,26H,4,8,10-11H2,1-3H3,(H,21,25)/t12-,16-,20+/m1/s1. The van der Waals surface area contributed by atoms with Gasteiger partial charge in [0.05, 0.1) is 5.92 Å². The van der Waals surface area contributed by atoms with E-state index in [4.69, 9.17) is 0 Å². The molecule has 26 heavy (non-hydrogen) atoms. The van der Waals surface area contributed by atoms with Gasteiger partial charge in [-0.2, -0.15) is 0 Å². The SMILES string of the molecule is CCCN(C)C(=O)[C@@H]1C=C2c3cccc4c3[C@@](O)(C[C@H]2N(C)C1)C(=O)N4. The smallest absolute Gasteiger partial charge is 0.261 e. The van der Waals surface area contributed by atoms with E-state index < -0.39 is 5.60 Å². The molecule has 138 valence electrons. The normalized spacial score (nSPS) is 29.5. The number of aliphatic hydroxyl groups is 1. The summed E-state index contributed by atoms with van der Waals surface area (Å²) in [6.45, 7) is 3.39. The Morgan fingerprint density at radius 1 is 1.46 bits per heavy atom. The molecule has 6 nitrogen and oxygen atoms in total. The van der Waals surface area contributed by atoms with Gasteiger partial charge in [-0.05, 0) is 30.7 Å². The van der Waals surface area contributed by atoms with E-state index in [-0.39, 0.29) is 23.8 Å². The molecule has 2 aliphatic heterocycles. The molecule has 3 aliphatic rings. The Morgan fingerprint density at radius 2 is 2.23 bits per heavy atom. The van der Waals surface area contributed by atoms with Gasteiger partial charge in [-0.25, -0.2) is 0 Å². The Labute approximate surface area is 153 Å². The lowest BCUT2D eigenvalue weighted by atomic mass is 9.72. The molecule has 1 aromatic carbocycles. The number of hydrogen-bond acceptors (Lipinski definition) is 4. The van der Waals surface area contributed by atoms with E-state index in [1.807, 2.05) is 32.3 Å². The average Bonchev–Trinajstić information content (AvgIpc) is 2.87. The van der Waals surface area contributed by atoms with Crippen molar-refractivity contribution in [2.24, 2.45) is 5.92 Å². The van der Waals surface area contributed by atoms with Gasteiger partial charge in [0.15, 0.2) is 5.60 Å². The zero-order valence-electron chi connectivity index (χ0n) is 15.5. The highest BCUT2D eigenvalue weighted by molar-refractivity contribution is 6.08. The van der Waals surface area contributed by atoms with Crippen LogP contribution in [-0.4, -0.2) is 59.9 Å². The molecule has 0 spiro atoms.